The topological polar surface area (TPSA) is 105 Å². The zero-order valence-corrected chi connectivity index (χ0v) is 9.09. The first-order chi connectivity index (χ1) is 8.11. The fraction of sp³-hybridized carbons (Fsp3) is 0.364. The summed E-state index contributed by atoms with van der Waals surface area (Å²) in [7, 11) is 0. The lowest BCUT2D eigenvalue weighted by Crippen LogP contribution is -2.28. The highest BCUT2D eigenvalue weighted by Crippen LogP contribution is 2.31. The van der Waals surface area contributed by atoms with Gasteiger partial charge in [0.25, 0.3) is 5.91 Å². The number of amides is 1. The van der Waals surface area contributed by atoms with Crippen LogP contribution in [0.15, 0.2) is 18.2 Å². The molecule has 0 radical (unpaired) electrons. The van der Waals surface area contributed by atoms with E-state index in [0.29, 0.717) is 17.0 Å². The van der Waals surface area contributed by atoms with E-state index >= 15 is 0 Å². The number of carbonyl (C=O) groups excluding carboxylic acids is 1. The number of carbonyl (C=O) groups is 1. The summed E-state index contributed by atoms with van der Waals surface area (Å²) in [4.78, 5) is 11.1. The van der Waals surface area contributed by atoms with E-state index in [0.717, 1.165) is 0 Å². The third-order valence-electron chi connectivity index (χ3n) is 2.58. The van der Waals surface area contributed by atoms with Gasteiger partial charge < -0.3 is 26.0 Å². The summed E-state index contributed by atoms with van der Waals surface area (Å²) < 4.78 is 5.18. The van der Waals surface area contributed by atoms with Crippen LogP contribution in [0.4, 0.5) is 5.69 Å². The van der Waals surface area contributed by atoms with Crippen LogP contribution in [0.1, 0.15) is 11.7 Å². The Labute approximate surface area is 98.0 Å². The Bertz CT molecular complexity index is 435. The van der Waals surface area contributed by atoms with Gasteiger partial charge in [0.1, 0.15) is 11.9 Å². The number of nitrogens with two attached hydrogens (primary N) is 1. The van der Waals surface area contributed by atoms with Crippen LogP contribution in [-0.4, -0.2) is 35.4 Å². The van der Waals surface area contributed by atoms with Crippen LogP contribution in [0.3, 0.4) is 0 Å². The fourth-order valence-electron chi connectivity index (χ4n) is 1.64. The van der Waals surface area contributed by atoms with E-state index in [1.54, 1.807) is 18.2 Å². The zero-order valence-electron chi connectivity index (χ0n) is 9.09. The van der Waals surface area contributed by atoms with E-state index in [4.69, 9.17) is 10.5 Å². The molecular weight excluding hydrogens is 224 g/mol. The molecule has 2 atom stereocenters. The van der Waals surface area contributed by atoms with Gasteiger partial charge in [-0.15, -0.1) is 0 Å². The predicted molar refractivity (Wildman–Crippen MR) is 60.6 cm³/mol. The molecule has 0 bridgehead atoms. The molecule has 0 aliphatic carbocycles. The molecule has 2 rings (SSSR count). The maximum atomic E-state index is 11.1. The second-order valence-corrected chi connectivity index (χ2v) is 3.84. The highest BCUT2D eigenvalue weighted by atomic mass is 16.5. The van der Waals surface area contributed by atoms with Crippen molar-refractivity contribution >= 4 is 11.6 Å². The number of hydrogen-bond donors (Lipinski definition) is 4. The molecule has 0 fully saturated rings. The molecule has 92 valence electrons. The number of anilines is 1. The molecule has 5 N–H and O–H groups in total. The lowest BCUT2D eigenvalue weighted by molar-refractivity contribution is -0.118. The van der Waals surface area contributed by atoms with Gasteiger partial charge in [0, 0.05) is 6.54 Å². The van der Waals surface area contributed by atoms with Gasteiger partial charge in [0.2, 0.25) is 0 Å². The molecule has 0 spiro atoms. The molecule has 0 saturated carbocycles. The zero-order chi connectivity index (χ0) is 12.4. The maximum absolute atomic E-state index is 11.1. The van der Waals surface area contributed by atoms with E-state index in [9.17, 15) is 15.0 Å². The second kappa shape index (κ2) is 4.70. The van der Waals surface area contributed by atoms with E-state index in [-0.39, 0.29) is 19.1 Å². The minimum absolute atomic E-state index is 0.0136. The largest absolute Gasteiger partial charge is 0.482 e. The van der Waals surface area contributed by atoms with Crippen LogP contribution >= 0.6 is 0 Å². The molecule has 0 aromatic heterocycles. The summed E-state index contributed by atoms with van der Waals surface area (Å²) in [5.41, 5.74) is 6.23. The van der Waals surface area contributed by atoms with Crippen molar-refractivity contribution in [1.29, 1.82) is 0 Å². The molecule has 1 aliphatic heterocycles. The summed E-state index contributed by atoms with van der Waals surface area (Å²) in [5, 5.41) is 21.8. The average Bonchev–Trinajstić information content (AvgIpc) is 2.36. The van der Waals surface area contributed by atoms with Crippen molar-refractivity contribution in [2.24, 2.45) is 5.73 Å². The summed E-state index contributed by atoms with van der Waals surface area (Å²) >= 11 is 0. The Hall–Kier alpha value is -1.63. The molecule has 2 unspecified atom stereocenters. The van der Waals surface area contributed by atoms with Gasteiger partial charge >= 0.3 is 0 Å². The molecule has 1 aromatic carbocycles. The van der Waals surface area contributed by atoms with E-state index in [1.165, 1.54) is 0 Å². The normalized spacial score (nSPS) is 17.7. The number of aliphatic hydroxyl groups is 2. The molecular formula is C11H14N2O4. The molecule has 1 heterocycles. The molecule has 6 nitrogen and oxygen atoms in total. The van der Waals surface area contributed by atoms with Crippen molar-refractivity contribution in [3.8, 4) is 5.75 Å². The minimum atomic E-state index is -1.08. The number of ether oxygens (including phenoxy) is 1. The lowest BCUT2D eigenvalue weighted by Gasteiger charge is -2.21. The molecule has 0 saturated heterocycles. The number of nitrogens with one attached hydrogen (secondary N) is 1. The first-order valence-electron chi connectivity index (χ1n) is 5.24. The van der Waals surface area contributed by atoms with Gasteiger partial charge in [-0.3, -0.25) is 4.79 Å². The van der Waals surface area contributed by atoms with Gasteiger partial charge in [-0.2, -0.15) is 0 Å². The van der Waals surface area contributed by atoms with Crippen molar-refractivity contribution in [1.82, 2.24) is 0 Å². The third kappa shape index (κ3) is 2.38. The first kappa shape index (κ1) is 11.8. The Morgan fingerprint density at radius 2 is 2.24 bits per heavy atom. The Balaban J connectivity index is 2.26. The van der Waals surface area contributed by atoms with Gasteiger partial charge in [-0.05, 0) is 17.7 Å². The van der Waals surface area contributed by atoms with Crippen LogP contribution in [0.2, 0.25) is 0 Å². The number of aliphatic hydroxyl groups excluding tert-OH is 2. The Morgan fingerprint density at radius 1 is 1.47 bits per heavy atom. The Morgan fingerprint density at radius 3 is 2.94 bits per heavy atom. The maximum Gasteiger partial charge on any atom is 0.262 e. The summed E-state index contributed by atoms with van der Waals surface area (Å²) in [6.45, 7) is -0.0541. The Kier molecular flexibility index (Phi) is 3.28. The summed E-state index contributed by atoms with van der Waals surface area (Å²) in [5.74, 6) is 0.298. The van der Waals surface area contributed by atoms with E-state index in [2.05, 4.69) is 5.32 Å². The number of benzene rings is 1. The van der Waals surface area contributed by atoms with Crippen LogP contribution in [0.25, 0.3) is 0 Å². The molecule has 17 heavy (non-hydrogen) atoms. The standard InChI is InChI=1S/C11H14N2O4/c12-4-8(14)11(16)6-1-2-9-7(3-6)13-10(15)5-17-9/h1-3,8,11,14,16H,4-5,12H2,(H,13,15). The number of rotatable bonds is 3. The number of fused-ring (bicyclic) bond motifs is 1. The van der Waals surface area contributed by atoms with Crippen molar-refractivity contribution in [2.75, 3.05) is 18.5 Å². The van der Waals surface area contributed by atoms with Crippen LogP contribution in [0, 0.1) is 0 Å². The summed E-state index contributed by atoms with van der Waals surface area (Å²) in [6, 6.07) is 4.83. The van der Waals surface area contributed by atoms with E-state index < -0.39 is 12.2 Å². The molecule has 1 amide bonds. The quantitative estimate of drug-likeness (QED) is 0.561. The highest BCUT2D eigenvalue weighted by Gasteiger charge is 2.21. The smallest absolute Gasteiger partial charge is 0.262 e. The third-order valence-corrected chi connectivity index (χ3v) is 2.58. The number of hydrogen-bond acceptors (Lipinski definition) is 5. The van der Waals surface area contributed by atoms with Crippen LogP contribution < -0.4 is 15.8 Å². The van der Waals surface area contributed by atoms with Crippen molar-refractivity contribution in [3.05, 3.63) is 23.8 Å². The SMILES string of the molecule is NCC(O)C(O)c1ccc2c(c1)NC(=O)CO2. The highest BCUT2D eigenvalue weighted by molar-refractivity contribution is 5.95. The van der Waals surface area contributed by atoms with E-state index in [1.807, 2.05) is 0 Å². The second-order valence-electron chi connectivity index (χ2n) is 3.84. The first-order valence-corrected chi connectivity index (χ1v) is 5.24. The van der Waals surface area contributed by atoms with Crippen molar-refractivity contribution in [3.63, 3.8) is 0 Å². The molecule has 1 aliphatic rings. The van der Waals surface area contributed by atoms with Gasteiger partial charge in [-0.1, -0.05) is 6.07 Å². The average molecular weight is 238 g/mol. The van der Waals surface area contributed by atoms with Crippen LogP contribution in [0.5, 0.6) is 5.75 Å². The van der Waals surface area contributed by atoms with Crippen molar-refractivity contribution < 1.29 is 19.7 Å². The minimum Gasteiger partial charge on any atom is -0.482 e. The molecule has 6 heteroatoms. The van der Waals surface area contributed by atoms with Crippen LogP contribution in [-0.2, 0) is 4.79 Å². The lowest BCUT2D eigenvalue weighted by atomic mass is 10.0. The predicted octanol–water partition coefficient (Wildman–Crippen LogP) is -0.630. The van der Waals surface area contributed by atoms with Gasteiger partial charge in [0.15, 0.2) is 6.61 Å². The van der Waals surface area contributed by atoms with Crippen molar-refractivity contribution in [2.45, 2.75) is 12.2 Å². The monoisotopic (exact) mass is 238 g/mol. The van der Waals surface area contributed by atoms with Gasteiger partial charge in [-0.25, -0.2) is 0 Å². The molecule has 1 aromatic rings. The summed E-state index contributed by atoms with van der Waals surface area (Å²) in [6.07, 6.45) is -2.11. The van der Waals surface area contributed by atoms with Gasteiger partial charge in [0.05, 0.1) is 11.8 Å². The fourth-order valence-corrected chi connectivity index (χ4v) is 1.64.